The molecular weight excluding hydrogens is 320 g/mol. The van der Waals surface area contributed by atoms with E-state index in [-0.39, 0.29) is 11.3 Å². The molecule has 1 atom stereocenters. The van der Waals surface area contributed by atoms with Crippen LogP contribution < -0.4 is 0 Å². The molecule has 128 valence electrons. The van der Waals surface area contributed by atoms with Crippen molar-refractivity contribution >= 4 is 12.2 Å². The second-order valence-electron chi connectivity index (χ2n) is 7.21. The number of nitrogens with zero attached hydrogens (tertiary/aromatic N) is 4. The van der Waals surface area contributed by atoms with Crippen molar-refractivity contribution in [3.8, 4) is 17.5 Å². The largest absolute Gasteiger partial charge is 0.409 e. The highest BCUT2D eigenvalue weighted by Crippen LogP contribution is 2.25. The molecule has 0 fully saturated rings. The van der Waals surface area contributed by atoms with Crippen LogP contribution in [0.4, 0.5) is 0 Å². The summed E-state index contributed by atoms with van der Waals surface area (Å²) in [4.78, 5) is 2.33. The van der Waals surface area contributed by atoms with Gasteiger partial charge in [-0.3, -0.25) is 4.90 Å². The Morgan fingerprint density at radius 3 is 2.50 bits per heavy atom. The SMILES string of the molecule is C[C@@H](C#N)CN(C)Cn1nc(-c2ccc(C(C)(C)C)cc2)oc1=S. The van der Waals surface area contributed by atoms with Crippen LogP contribution in [-0.4, -0.2) is 28.3 Å². The minimum absolute atomic E-state index is 0.0412. The van der Waals surface area contributed by atoms with Crippen molar-refractivity contribution < 1.29 is 4.42 Å². The highest BCUT2D eigenvalue weighted by Gasteiger charge is 2.15. The quantitative estimate of drug-likeness (QED) is 0.760. The summed E-state index contributed by atoms with van der Waals surface area (Å²) >= 11 is 5.26. The molecule has 24 heavy (non-hydrogen) atoms. The zero-order chi connectivity index (χ0) is 17.9. The lowest BCUT2D eigenvalue weighted by atomic mass is 9.87. The summed E-state index contributed by atoms with van der Waals surface area (Å²) in [5.74, 6) is 0.475. The van der Waals surface area contributed by atoms with Gasteiger partial charge in [-0.15, -0.1) is 5.10 Å². The van der Waals surface area contributed by atoms with Gasteiger partial charge in [0.15, 0.2) is 0 Å². The van der Waals surface area contributed by atoms with Crippen molar-refractivity contribution in [1.82, 2.24) is 14.7 Å². The molecule has 0 spiro atoms. The third-order valence-corrected chi connectivity index (χ3v) is 4.08. The van der Waals surface area contributed by atoms with E-state index in [4.69, 9.17) is 21.9 Å². The Kier molecular flexibility index (Phi) is 5.58. The summed E-state index contributed by atoms with van der Waals surface area (Å²) in [7, 11) is 1.93. The minimum Gasteiger partial charge on any atom is -0.409 e. The molecule has 5 nitrogen and oxygen atoms in total. The van der Waals surface area contributed by atoms with E-state index in [1.54, 1.807) is 4.68 Å². The van der Waals surface area contributed by atoms with Crippen LogP contribution in [0.15, 0.2) is 28.7 Å². The first-order chi connectivity index (χ1) is 11.2. The van der Waals surface area contributed by atoms with E-state index in [2.05, 4.69) is 44.1 Å². The maximum Gasteiger partial charge on any atom is 0.288 e. The average molecular weight is 344 g/mol. The summed E-state index contributed by atoms with van der Waals surface area (Å²) in [6.07, 6.45) is 0. The molecule has 2 rings (SSSR count). The zero-order valence-corrected chi connectivity index (χ0v) is 15.7. The molecule has 0 N–H and O–H groups in total. The van der Waals surface area contributed by atoms with Crippen LogP contribution in [0.5, 0.6) is 0 Å². The van der Waals surface area contributed by atoms with Crippen molar-refractivity contribution in [1.29, 1.82) is 5.26 Å². The molecule has 1 aromatic carbocycles. The molecule has 2 aromatic rings. The van der Waals surface area contributed by atoms with E-state index < -0.39 is 0 Å². The third kappa shape index (κ3) is 4.53. The first-order valence-electron chi connectivity index (χ1n) is 7.97. The van der Waals surface area contributed by atoms with Crippen LogP contribution in [-0.2, 0) is 12.1 Å². The maximum atomic E-state index is 8.90. The monoisotopic (exact) mass is 344 g/mol. The standard InChI is InChI=1S/C18H24N4OS/c1-13(10-19)11-21(5)12-22-17(24)23-16(20-22)14-6-8-15(9-7-14)18(2,3)4/h6-9,13H,11-12H2,1-5H3/t13-/m0/s1. The smallest absolute Gasteiger partial charge is 0.288 e. The van der Waals surface area contributed by atoms with Gasteiger partial charge in [0, 0.05) is 12.1 Å². The van der Waals surface area contributed by atoms with E-state index in [0.717, 1.165) is 5.56 Å². The van der Waals surface area contributed by atoms with Crippen molar-refractivity contribution in [2.75, 3.05) is 13.6 Å². The summed E-state index contributed by atoms with van der Waals surface area (Å²) in [5, 5.41) is 13.4. The number of hydrogen-bond donors (Lipinski definition) is 0. The second kappa shape index (κ2) is 7.29. The first-order valence-corrected chi connectivity index (χ1v) is 8.38. The molecule has 0 saturated carbocycles. The van der Waals surface area contributed by atoms with Crippen LogP contribution in [0.25, 0.3) is 11.5 Å². The highest BCUT2D eigenvalue weighted by atomic mass is 32.1. The Labute approximate surface area is 148 Å². The molecule has 0 aliphatic rings. The molecule has 0 aliphatic heterocycles. The average Bonchev–Trinajstić information content (AvgIpc) is 2.87. The molecule has 0 radical (unpaired) electrons. The Morgan fingerprint density at radius 2 is 1.96 bits per heavy atom. The molecule has 0 amide bonds. The number of nitriles is 1. The number of hydrogen-bond acceptors (Lipinski definition) is 5. The summed E-state index contributed by atoms with van der Waals surface area (Å²) in [6.45, 7) is 9.58. The number of aromatic nitrogens is 2. The van der Waals surface area contributed by atoms with Gasteiger partial charge >= 0.3 is 0 Å². The van der Waals surface area contributed by atoms with Gasteiger partial charge in [-0.05, 0) is 49.3 Å². The molecule has 0 saturated heterocycles. The lowest BCUT2D eigenvalue weighted by Crippen LogP contribution is -2.27. The molecule has 0 bridgehead atoms. The predicted octanol–water partition coefficient (Wildman–Crippen LogP) is 4.22. The number of benzene rings is 1. The zero-order valence-electron chi connectivity index (χ0n) is 14.9. The Hall–Kier alpha value is -1.97. The van der Waals surface area contributed by atoms with Gasteiger partial charge in [0.05, 0.1) is 18.7 Å². The molecule has 1 heterocycles. The van der Waals surface area contributed by atoms with Gasteiger partial charge in [-0.2, -0.15) is 5.26 Å². The van der Waals surface area contributed by atoms with E-state index in [1.165, 1.54) is 5.56 Å². The van der Waals surface area contributed by atoms with Crippen molar-refractivity contribution in [2.24, 2.45) is 5.92 Å². The first kappa shape index (κ1) is 18.4. The van der Waals surface area contributed by atoms with E-state index >= 15 is 0 Å². The van der Waals surface area contributed by atoms with Gasteiger partial charge in [-0.1, -0.05) is 32.9 Å². The van der Waals surface area contributed by atoms with Crippen LogP contribution in [0.1, 0.15) is 33.3 Å². The van der Waals surface area contributed by atoms with Gasteiger partial charge in [0.1, 0.15) is 0 Å². The number of rotatable bonds is 5. The van der Waals surface area contributed by atoms with Gasteiger partial charge in [0.25, 0.3) is 4.84 Å². The van der Waals surface area contributed by atoms with Gasteiger partial charge < -0.3 is 4.42 Å². The second-order valence-corrected chi connectivity index (χ2v) is 7.56. The lowest BCUT2D eigenvalue weighted by molar-refractivity contribution is 0.233. The van der Waals surface area contributed by atoms with Crippen molar-refractivity contribution in [3.05, 3.63) is 34.7 Å². The van der Waals surface area contributed by atoms with Crippen LogP contribution >= 0.6 is 12.2 Å². The van der Waals surface area contributed by atoms with E-state index in [9.17, 15) is 0 Å². The van der Waals surface area contributed by atoms with Crippen molar-refractivity contribution in [2.45, 2.75) is 39.8 Å². The normalized spacial score (nSPS) is 13.0. The van der Waals surface area contributed by atoms with E-state index in [0.29, 0.717) is 23.9 Å². The summed E-state index contributed by atoms with van der Waals surface area (Å²) in [5.41, 5.74) is 2.27. The Balaban J connectivity index is 2.17. The fourth-order valence-corrected chi connectivity index (χ4v) is 2.60. The highest BCUT2D eigenvalue weighted by molar-refractivity contribution is 7.71. The van der Waals surface area contributed by atoms with Crippen molar-refractivity contribution in [3.63, 3.8) is 0 Å². The molecular formula is C18H24N4OS. The Morgan fingerprint density at radius 1 is 1.33 bits per heavy atom. The fraction of sp³-hybridized carbons (Fsp3) is 0.500. The minimum atomic E-state index is -0.0412. The molecule has 0 unspecified atom stereocenters. The van der Waals surface area contributed by atoms with Crippen LogP contribution in [0.3, 0.4) is 0 Å². The maximum absolute atomic E-state index is 8.90. The molecule has 0 aliphatic carbocycles. The van der Waals surface area contributed by atoms with Crippen LogP contribution in [0.2, 0.25) is 0 Å². The van der Waals surface area contributed by atoms with Gasteiger partial charge in [0.2, 0.25) is 5.89 Å². The summed E-state index contributed by atoms with van der Waals surface area (Å²) < 4.78 is 7.28. The molecule has 1 aromatic heterocycles. The van der Waals surface area contributed by atoms with Crippen LogP contribution in [0, 0.1) is 22.1 Å². The molecule has 6 heteroatoms. The topological polar surface area (TPSA) is 58.0 Å². The predicted molar refractivity (Wildman–Crippen MR) is 96.9 cm³/mol. The van der Waals surface area contributed by atoms with E-state index in [1.807, 2.05) is 31.0 Å². The third-order valence-electron chi connectivity index (χ3n) is 3.79. The Bertz CT molecular complexity index is 777. The lowest BCUT2D eigenvalue weighted by Gasteiger charge is -2.18. The van der Waals surface area contributed by atoms with Gasteiger partial charge in [-0.25, -0.2) is 4.68 Å². The fourth-order valence-electron chi connectivity index (χ4n) is 2.42. The summed E-state index contributed by atoms with van der Waals surface area (Å²) in [6, 6.07) is 10.4.